The number of aliphatic hydroxyl groups is 2. The molecule has 3 N–H and O–H groups in total. The highest BCUT2D eigenvalue weighted by Crippen LogP contribution is 2.74. The second kappa shape index (κ2) is 12.5. The smallest absolute Gasteiger partial charge is 0.331 e. The van der Waals surface area contributed by atoms with Crippen LogP contribution >= 0.6 is 0 Å². The summed E-state index contributed by atoms with van der Waals surface area (Å²) in [6, 6.07) is 0. The number of carboxylic acid groups (broad SMARTS) is 1. The van der Waals surface area contributed by atoms with Crippen molar-refractivity contribution in [3.05, 3.63) is 11.1 Å². The first kappa shape index (κ1) is 34.0. The van der Waals surface area contributed by atoms with E-state index in [1.807, 2.05) is 13.8 Å². The zero-order valence-corrected chi connectivity index (χ0v) is 27.7. The van der Waals surface area contributed by atoms with Gasteiger partial charge in [-0.25, -0.2) is 4.79 Å². The monoisotopic (exact) mass is 604 g/mol. The van der Waals surface area contributed by atoms with Gasteiger partial charge in [0.2, 0.25) is 0 Å². The summed E-state index contributed by atoms with van der Waals surface area (Å²) in [5.41, 5.74) is -0.639. The topological polar surface area (TPSA) is 130 Å². The Kier molecular flexibility index (Phi) is 9.84. The second-order valence-electron chi connectivity index (χ2n) is 15.4. The zero-order valence-electron chi connectivity index (χ0n) is 27.7. The summed E-state index contributed by atoms with van der Waals surface area (Å²) < 4.78 is 12.1. The van der Waals surface area contributed by atoms with Crippen LogP contribution in [0.3, 0.4) is 0 Å². The molecule has 0 amide bonds. The fourth-order valence-corrected chi connectivity index (χ4v) is 10.5. The summed E-state index contributed by atoms with van der Waals surface area (Å²) in [6.45, 7) is 16.0. The molecule has 0 aromatic heterocycles. The summed E-state index contributed by atoms with van der Waals surface area (Å²) in [5, 5.41) is 34.0. The molecule has 4 rings (SSSR count). The number of fused-ring (bicyclic) bond motifs is 5. The molecule has 0 bridgehead atoms. The first-order valence-electron chi connectivity index (χ1n) is 16.7. The minimum absolute atomic E-state index is 0.0453. The lowest BCUT2D eigenvalue weighted by atomic mass is 9.35. The van der Waals surface area contributed by atoms with Gasteiger partial charge < -0.3 is 24.8 Å². The zero-order chi connectivity index (χ0) is 32.1. The van der Waals surface area contributed by atoms with Crippen molar-refractivity contribution in [2.45, 2.75) is 144 Å². The maximum atomic E-state index is 13.0. The van der Waals surface area contributed by atoms with Crippen molar-refractivity contribution >= 4 is 17.9 Å². The third-order valence-corrected chi connectivity index (χ3v) is 12.6. The van der Waals surface area contributed by atoms with E-state index in [-0.39, 0.29) is 41.5 Å². The number of carbonyl (C=O) groups is 3. The van der Waals surface area contributed by atoms with Crippen LogP contribution in [0.2, 0.25) is 0 Å². The molecule has 0 aromatic carbocycles. The molecule has 4 aliphatic carbocycles. The van der Waals surface area contributed by atoms with Crippen LogP contribution in [0.5, 0.6) is 0 Å². The maximum Gasteiger partial charge on any atom is 0.331 e. The van der Waals surface area contributed by atoms with E-state index in [9.17, 15) is 29.7 Å². The van der Waals surface area contributed by atoms with Crippen molar-refractivity contribution in [3.63, 3.8) is 0 Å². The van der Waals surface area contributed by atoms with Gasteiger partial charge in [-0.15, -0.1) is 0 Å². The summed E-state index contributed by atoms with van der Waals surface area (Å²) in [6.07, 6.45) is 3.20. The van der Waals surface area contributed by atoms with Crippen molar-refractivity contribution < 1.29 is 39.2 Å². The molecule has 0 aliphatic heterocycles. The van der Waals surface area contributed by atoms with E-state index in [1.54, 1.807) is 0 Å². The van der Waals surface area contributed by atoms with Crippen LogP contribution < -0.4 is 0 Å². The standard InChI is InChI=1S/C35H56O8/c1-9-11-27(38)43-30-29-20(4)24(37)16-17-33(29,6)26-15-14-23-28(22(32(40)41)13-10-12-19(2)3)25(42-21(5)36)18-34(23,7)35(26,8)31(30)39/h19-20,23-26,29-31,37,39H,9-18H2,1-8H3,(H,40,41)/b28-22-. The van der Waals surface area contributed by atoms with Crippen molar-refractivity contribution in [2.24, 2.45) is 45.8 Å². The lowest BCUT2D eigenvalue weighted by Crippen LogP contribution is -2.72. The molecule has 0 heterocycles. The van der Waals surface area contributed by atoms with Crippen LogP contribution in [0.1, 0.15) is 120 Å². The van der Waals surface area contributed by atoms with E-state index in [4.69, 9.17) is 9.47 Å². The fourth-order valence-electron chi connectivity index (χ4n) is 10.5. The number of aliphatic carboxylic acids is 1. The largest absolute Gasteiger partial charge is 0.478 e. The molecule has 11 atom stereocenters. The molecule has 0 saturated heterocycles. The van der Waals surface area contributed by atoms with Gasteiger partial charge in [0.15, 0.2) is 0 Å². The van der Waals surface area contributed by atoms with Crippen molar-refractivity contribution in [2.75, 3.05) is 0 Å². The summed E-state index contributed by atoms with van der Waals surface area (Å²) in [5.74, 6) is -1.83. The Morgan fingerprint density at radius 2 is 1.70 bits per heavy atom. The number of carboxylic acids is 1. The summed E-state index contributed by atoms with van der Waals surface area (Å²) in [4.78, 5) is 38.2. The molecule has 8 nitrogen and oxygen atoms in total. The number of hydrogen-bond donors (Lipinski definition) is 3. The van der Waals surface area contributed by atoms with Crippen molar-refractivity contribution in [1.82, 2.24) is 0 Å². The number of hydrogen-bond acceptors (Lipinski definition) is 7. The lowest BCUT2D eigenvalue weighted by Gasteiger charge is -2.70. The highest BCUT2D eigenvalue weighted by molar-refractivity contribution is 5.88. The van der Waals surface area contributed by atoms with E-state index < -0.39 is 47.2 Å². The third kappa shape index (κ3) is 5.57. The molecule has 0 spiro atoms. The molecule has 4 fully saturated rings. The quantitative estimate of drug-likeness (QED) is 0.214. The Hall–Kier alpha value is -1.93. The first-order chi connectivity index (χ1) is 20.0. The van der Waals surface area contributed by atoms with Gasteiger partial charge >= 0.3 is 17.9 Å². The van der Waals surface area contributed by atoms with Gasteiger partial charge in [0.05, 0.1) is 12.2 Å². The van der Waals surface area contributed by atoms with Crippen LogP contribution in [0.4, 0.5) is 0 Å². The van der Waals surface area contributed by atoms with Crippen LogP contribution in [0.25, 0.3) is 0 Å². The average Bonchev–Trinajstić information content (AvgIpc) is 3.19. The van der Waals surface area contributed by atoms with E-state index in [0.717, 1.165) is 32.1 Å². The lowest BCUT2D eigenvalue weighted by molar-refractivity contribution is -0.288. The highest BCUT2D eigenvalue weighted by Gasteiger charge is 2.74. The number of ether oxygens (including phenoxy) is 2. The Morgan fingerprint density at radius 1 is 1.02 bits per heavy atom. The molecule has 4 saturated carbocycles. The predicted octanol–water partition coefficient (Wildman–Crippen LogP) is 6.07. The van der Waals surface area contributed by atoms with Crippen molar-refractivity contribution in [1.29, 1.82) is 0 Å². The highest BCUT2D eigenvalue weighted by atomic mass is 16.6. The molecular formula is C35H56O8. The van der Waals surface area contributed by atoms with Gasteiger partial charge in [-0.05, 0) is 91.4 Å². The predicted molar refractivity (Wildman–Crippen MR) is 163 cm³/mol. The van der Waals surface area contributed by atoms with E-state index >= 15 is 0 Å². The number of aliphatic hydroxyl groups excluding tert-OH is 2. The molecule has 0 radical (unpaired) electrons. The minimum Gasteiger partial charge on any atom is -0.478 e. The first-order valence-corrected chi connectivity index (χ1v) is 16.7. The Bertz CT molecular complexity index is 1110. The SMILES string of the molecule is CCCC(=O)OC1C2C(C)C(O)CCC2(C)C2CCC3/C(=C(\CCCC(C)C)C(=O)O)C(OC(C)=O)CC3(C)C2(C)C1O. The number of esters is 2. The molecule has 0 aromatic rings. The van der Waals surface area contributed by atoms with E-state index in [0.29, 0.717) is 42.7 Å². The summed E-state index contributed by atoms with van der Waals surface area (Å²) >= 11 is 0. The molecule has 11 unspecified atom stereocenters. The molecule has 4 aliphatic rings. The van der Waals surface area contributed by atoms with Crippen LogP contribution in [-0.4, -0.2) is 57.6 Å². The fraction of sp³-hybridized carbons (Fsp3) is 0.857. The van der Waals surface area contributed by atoms with E-state index in [1.165, 1.54) is 6.92 Å². The van der Waals surface area contributed by atoms with Gasteiger partial charge in [0.25, 0.3) is 0 Å². The van der Waals surface area contributed by atoms with Crippen LogP contribution in [-0.2, 0) is 23.9 Å². The maximum absolute atomic E-state index is 13.0. The molecule has 43 heavy (non-hydrogen) atoms. The van der Waals surface area contributed by atoms with Gasteiger partial charge in [-0.3, -0.25) is 9.59 Å². The van der Waals surface area contributed by atoms with Gasteiger partial charge in [-0.1, -0.05) is 54.9 Å². The van der Waals surface area contributed by atoms with Crippen molar-refractivity contribution in [3.8, 4) is 0 Å². The minimum atomic E-state index is -1.02. The molecule has 8 heteroatoms. The van der Waals surface area contributed by atoms with Gasteiger partial charge in [0.1, 0.15) is 12.2 Å². The normalized spacial score (nSPS) is 43.3. The Labute approximate surface area is 258 Å². The molecule has 244 valence electrons. The molecular weight excluding hydrogens is 548 g/mol. The Balaban J connectivity index is 1.87. The van der Waals surface area contributed by atoms with Gasteiger partial charge in [-0.2, -0.15) is 0 Å². The van der Waals surface area contributed by atoms with E-state index in [2.05, 4.69) is 34.6 Å². The van der Waals surface area contributed by atoms with Crippen LogP contribution in [0, 0.1) is 45.8 Å². The average molecular weight is 605 g/mol. The Morgan fingerprint density at radius 3 is 2.28 bits per heavy atom. The third-order valence-electron chi connectivity index (χ3n) is 12.6. The van der Waals surface area contributed by atoms with Gasteiger partial charge in [0, 0.05) is 30.3 Å². The second-order valence-corrected chi connectivity index (χ2v) is 15.4. The number of rotatable bonds is 9. The number of carbonyl (C=O) groups excluding carboxylic acids is 2. The summed E-state index contributed by atoms with van der Waals surface area (Å²) in [7, 11) is 0. The van der Waals surface area contributed by atoms with Crippen LogP contribution in [0.15, 0.2) is 11.1 Å².